The van der Waals surface area contributed by atoms with Crippen molar-refractivity contribution >= 4 is 0 Å². The van der Waals surface area contributed by atoms with Crippen molar-refractivity contribution in [1.29, 1.82) is 0 Å². The van der Waals surface area contributed by atoms with Gasteiger partial charge >= 0.3 is 0 Å². The van der Waals surface area contributed by atoms with Crippen LogP contribution in [0.4, 0.5) is 0 Å². The molecule has 0 heterocycles. The summed E-state index contributed by atoms with van der Waals surface area (Å²) >= 11 is 0. The maximum atomic E-state index is 3.34. The normalized spacial score (nSPS) is 12.4. The van der Waals surface area contributed by atoms with Crippen molar-refractivity contribution < 1.29 is 0 Å². The summed E-state index contributed by atoms with van der Waals surface area (Å²) in [5, 5.41) is 3.34. The van der Waals surface area contributed by atoms with Gasteiger partial charge in [0.1, 0.15) is 0 Å². The summed E-state index contributed by atoms with van der Waals surface area (Å²) in [4.78, 5) is 2.20. The average Bonchev–Trinajstić information content (AvgIpc) is 2.01. The quantitative estimate of drug-likeness (QED) is 0.615. The Labute approximate surface area is 76.3 Å². The minimum Gasteiger partial charge on any atom is -0.309 e. The van der Waals surface area contributed by atoms with Crippen LogP contribution in [0.3, 0.4) is 0 Å². The Morgan fingerprint density at radius 2 is 2.08 bits per heavy atom. The van der Waals surface area contributed by atoms with E-state index >= 15 is 0 Å². The van der Waals surface area contributed by atoms with Gasteiger partial charge in [-0.05, 0) is 40.9 Å². The van der Waals surface area contributed by atoms with E-state index in [9.17, 15) is 0 Å². The Bertz CT molecular complexity index is 153. The predicted octanol–water partition coefficient (Wildman–Crippen LogP) is 0.940. The lowest BCUT2D eigenvalue weighted by Gasteiger charge is -2.14. The van der Waals surface area contributed by atoms with Crippen LogP contribution in [0.1, 0.15) is 20.3 Å². The first-order valence-corrected chi connectivity index (χ1v) is 4.44. The molecule has 0 saturated heterocycles. The highest BCUT2D eigenvalue weighted by atomic mass is 15.1. The molecule has 0 bridgehead atoms. The monoisotopic (exact) mass is 168 g/mol. The summed E-state index contributed by atoms with van der Waals surface area (Å²) in [5.74, 6) is 5.86. The molecule has 1 N–H and O–H groups in total. The topological polar surface area (TPSA) is 15.3 Å². The minimum absolute atomic E-state index is 0.563. The van der Waals surface area contributed by atoms with E-state index in [0.717, 1.165) is 13.1 Å². The molecule has 2 heteroatoms. The molecule has 0 aromatic rings. The van der Waals surface area contributed by atoms with Crippen LogP contribution in [0.15, 0.2) is 0 Å². The molecule has 2 nitrogen and oxygen atoms in total. The molecule has 1 atom stereocenters. The molecule has 1 unspecified atom stereocenters. The van der Waals surface area contributed by atoms with E-state index in [0.29, 0.717) is 6.04 Å². The lowest BCUT2D eigenvalue weighted by molar-refractivity contribution is 0.370. The average molecular weight is 168 g/mol. The minimum atomic E-state index is 0.563. The molecule has 0 amide bonds. The van der Waals surface area contributed by atoms with Gasteiger partial charge < -0.3 is 10.2 Å². The molecule has 0 spiro atoms. The van der Waals surface area contributed by atoms with Gasteiger partial charge in [0.25, 0.3) is 0 Å². The summed E-state index contributed by atoms with van der Waals surface area (Å²) in [7, 11) is 4.19. The van der Waals surface area contributed by atoms with Crippen LogP contribution in [0, 0.1) is 11.8 Å². The van der Waals surface area contributed by atoms with Crippen molar-refractivity contribution in [2.45, 2.75) is 26.3 Å². The van der Waals surface area contributed by atoms with Crippen molar-refractivity contribution in [1.82, 2.24) is 10.2 Å². The number of nitrogens with zero attached hydrogens (tertiary/aromatic N) is 1. The molecule has 0 saturated carbocycles. The zero-order valence-electron chi connectivity index (χ0n) is 8.65. The summed E-state index contributed by atoms with van der Waals surface area (Å²) in [5.41, 5.74) is 0. The number of rotatable bonds is 5. The number of hydrogen-bond donors (Lipinski definition) is 1. The van der Waals surface area contributed by atoms with E-state index in [-0.39, 0.29) is 0 Å². The van der Waals surface area contributed by atoms with Crippen LogP contribution in [0.25, 0.3) is 0 Å². The highest BCUT2D eigenvalue weighted by Crippen LogP contribution is 1.90. The highest BCUT2D eigenvalue weighted by molar-refractivity contribution is 4.97. The fourth-order valence-corrected chi connectivity index (χ4v) is 0.868. The van der Waals surface area contributed by atoms with Gasteiger partial charge in [0.05, 0.1) is 6.54 Å². The van der Waals surface area contributed by atoms with Crippen LogP contribution >= 0.6 is 0 Å². The molecule has 0 aliphatic carbocycles. The number of hydrogen-bond acceptors (Lipinski definition) is 2. The van der Waals surface area contributed by atoms with E-state index in [1.54, 1.807) is 0 Å². The maximum Gasteiger partial charge on any atom is 0.0578 e. The van der Waals surface area contributed by atoms with Crippen molar-refractivity contribution in [3.63, 3.8) is 0 Å². The van der Waals surface area contributed by atoms with Gasteiger partial charge in [0, 0.05) is 6.04 Å². The van der Waals surface area contributed by atoms with Gasteiger partial charge in [0.2, 0.25) is 0 Å². The van der Waals surface area contributed by atoms with Crippen molar-refractivity contribution in [2.75, 3.05) is 27.2 Å². The first-order valence-electron chi connectivity index (χ1n) is 4.44. The van der Waals surface area contributed by atoms with Gasteiger partial charge in [-0.3, -0.25) is 0 Å². The van der Waals surface area contributed by atoms with E-state index in [1.165, 1.54) is 6.42 Å². The molecule has 12 heavy (non-hydrogen) atoms. The smallest absolute Gasteiger partial charge is 0.0578 e. The summed E-state index contributed by atoms with van der Waals surface area (Å²) < 4.78 is 0. The Balaban J connectivity index is 3.31. The van der Waals surface area contributed by atoms with E-state index in [2.05, 4.69) is 43.1 Å². The zero-order valence-corrected chi connectivity index (χ0v) is 8.65. The lowest BCUT2D eigenvalue weighted by atomic mass is 10.2. The Hall–Kier alpha value is -0.520. The largest absolute Gasteiger partial charge is 0.309 e. The third-order valence-electron chi connectivity index (χ3n) is 1.73. The fraction of sp³-hybridized carbons (Fsp3) is 0.800. The first kappa shape index (κ1) is 11.5. The highest BCUT2D eigenvalue weighted by Gasteiger charge is 1.99. The Kier molecular flexibility index (Phi) is 6.84. The van der Waals surface area contributed by atoms with Crippen LogP contribution in [0.2, 0.25) is 0 Å². The molecule has 0 aromatic carbocycles. The third kappa shape index (κ3) is 7.59. The Morgan fingerprint density at radius 1 is 1.42 bits per heavy atom. The van der Waals surface area contributed by atoms with Crippen molar-refractivity contribution in [3.8, 4) is 11.8 Å². The molecular formula is C10H20N2. The van der Waals surface area contributed by atoms with E-state index in [1.807, 2.05) is 6.92 Å². The molecule has 0 aromatic heterocycles. The van der Waals surface area contributed by atoms with Gasteiger partial charge in [0.15, 0.2) is 0 Å². The molecule has 0 radical (unpaired) electrons. The van der Waals surface area contributed by atoms with Gasteiger partial charge in [-0.2, -0.15) is 0 Å². The third-order valence-corrected chi connectivity index (χ3v) is 1.73. The van der Waals surface area contributed by atoms with Crippen molar-refractivity contribution in [2.24, 2.45) is 0 Å². The van der Waals surface area contributed by atoms with Crippen LogP contribution < -0.4 is 5.32 Å². The summed E-state index contributed by atoms with van der Waals surface area (Å²) in [6.45, 7) is 6.01. The first-order chi connectivity index (χ1) is 5.66. The van der Waals surface area contributed by atoms with E-state index < -0.39 is 0 Å². The lowest BCUT2D eigenvalue weighted by Crippen LogP contribution is -2.29. The fourth-order valence-electron chi connectivity index (χ4n) is 0.868. The SMILES string of the molecule is CC#CCNC(C)CCN(C)C. The van der Waals surface area contributed by atoms with Crippen LogP contribution in [-0.4, -0.2) is 38.1 Å². The number of nitrogens with one attached hydrogen (secondary N) is 1. The van der Waals surface area contributed by atoms with Gasteiger partial charge in [-0.15, -0.1) is 5.92 Å². The summed E-state index contributed by atoms with van der Waals surface area (Å²) in [6.07, 6.45) is 1.18. The molecule has 0 aliphatic rings. The summed E-state index contributed by atoms with van der Waals surface area (Å²) in [6, 6.07) is 0.563. The van der Waals surface area contributed by atoms with Gasteiger partial charge in [-0.25, -0.2) is 0 Å². The second kappa shape index (κ2) is 7.15. The second-order valence-corrected chi connectivity index (χ2v) is 3.30. The molecule has 0 rings (SSSR count). The second-order valence-electron chi connectivity index (χ2n) is 3.30. The van der Waals surface area contributed by atoms with Gasteiger partial charge in [-0.1, -0.05) is 5.92 Å². The molecular weight excluding hydrogens is 148 g/mol. The molecule has 0 fully saturated rings. The maximum absolute atomic E-state index is 3.34. The van der Waals surface area contributed by atoms with E-state index in [4.69, 9.17) is 0 Å². The van der Waals surface area contributed by atoms with Crippen molar-refractivity contribution in [3.05, 3.63) is 0 Å². The predicted molar refractivity (Wildman–Crippen MR) is 54.1 cm³/mol. The van der Waals surface area contributed by atoms with Crippen LogP contribution in [0.5, 0.6) is 0 Å². The van der Waals surface area contributed by atoms with Crippen LogP contribution in [-0.2, 0) is 0 Å². The standard InChI is InChI=1S/C10H20N2/c1-5-6-8-11-10(2)7-9-12(3)4/h10-11H,7-9H2,1-4H3. The zero-order chi connectivity index (χ0) is 9.40. The Morgan fingerprint density at radius 3 is 2.58 bits per heavy atom. The molecule has 0 aliphatic heterocycles. The molecule has 70 valence electrons.